The summed E-state index contributed by atoms with van der Waals surface area (Å²) in [6.45, 7) is 7.40. The van der Waals surface area contributed by atoms with Crippen LogP contribution in [0.25, 0.3) is 0 Å². The van der Waals surface area contributed by atoms with Crippen LogP contribution in [0.2, 0.25) is 0 Å². The smallest absolute Gasteiger partial charge is 0.269 e. The van der Waals surface area contributed by atoms with Crippen molar-refractivity contribution < 1.29 is 14.6 Å². The van der Waals surface area contributed by atoms with Crippen molar-refractivity contribution in [3.63, 3.8) is 0 Å². The van der Waals surface area contributed by atoms with E-state index in [4.69, 9.17) is 4.74 Å². The standard InChI is InChI=1S/C18H16N2O5/c1-3-17(13-7-5-9-15(11-13)19(21)22)25-18(4-2)14-8-6-10-16(12-14)20(23)24/h3-12,17-18H,1-2H2. The molecule has 0 bridgehead atoms. The Balaban J connectivity index is 2.29. The molecular weight excluding hydrogens is 324 g/mol. The molecule has 0 aliphatic rings. The lowest BCUT2D eigenvalue weighted by Crippen LogP contribution is -2.08. The predicted octanol–water partition coefficient (Wildman–Crippen LogP) is 4.67. The van der Waals surface area contributed by atoms with Crippen molar-refractivity contribution in [1.82, 2.24) is 0 Å². The first-order valence-corrected chi connectivity index (χ1v) is 7.35. The number of ether oxygens (including phenoxy) is 1. The van der Waals surface area contributed by atoms with E-state index in [1.54, 1.807) is 24.3 Å². The van der Waals surface area contributed by atoms with Crippen molar-refractivity contribution in [3.8, 4) is 0 Å². The zero-order chi connectivity index (χ0) is 18.4. The van der Waals surface area contributed by atoms with E-state index in [2.05, 4.69) is 13.2 Å². The van der Waals surface area contributed by atoms with E-state index in [-0.39, 0.29) is 11.4 Å². The molecule has 0 fully saturated rings. The van der Waals surface area contributed by atoms with E-state index < -0.39 is 22.1 Å². The summed E-state index contributed by atoms with van der Waals surface area (Å²) in [5.41, 5.74) is 1.000. The Labute approximate surface area is 144 Å². The van der Waals surface area contributed by atoms with Crippen molar-refractivity contribution in [1.29, 1.82) is 0 Å². The van der Waals surface area contributed by atoms with E-state index in [1.165, 1.54) is 36.4 Å². The first-order valence-electron chi connectivity index (χ1n) is 7.35. The molecule has 2 rings (SSSR count). The second kappa shape index (κ2) is 7.98. The molecule has 0 spiro atoms. The molecule has 2 unspecified atom stereocenters. The minimum absolute atomic E-state index is 0.0570. The van der Waals surface area contributed by atoms with E-state index in [1.807, 2.05) is 0 Å². The van der Waals surface area contributed by atoms with Gasteiger partial charge in [0, 0.05) is 24.3 Å². The summed E-state index contributed by atoms with van der Waals surface area (Å²) in [5.74, 6) is 0. The first kappa shape index (κ1) is 18.0. The molecule has 0 aliphatic heterocycles. The van der Waals surface area contributed by atoms with Crippen molar-refractivity contribution in [2.75, 3.05) is 0 Å². The Morgan fingerprint density at radius 1 is 0.840 bits per heavy atom. The van der Waals surface area contributed by atoms with Crippen LogP contribution in [-0.4, -0.2) is 9.85 Å². The zero-order valence-corrected chi connectivity index (χ0v) is 13.3. The molecule has 25 heavy (non-hydrogen) atoms. The summed E-state index contributed by atoms with van der Waals surface area (Å²) >= 11 is 0. The molecule has 0 N–H and O–H groups in total. The van der Waals surface area contributed by atoms with Gasteiger partial charge in [-0.15, -0.1) is 13.2 Å². The Hall–Kier alpha value is -3.32. The molecule has 7 heteroatoms. The highest BCUT2D eigenvalue weighted by Gasteiger charge is 2.19. The average Bonchev–Trinajstić information content (AvgIpc) is 2.63. The minimum Gasteiger partial charge on any atom is -0.357 e. The highest BCUT2D eigenvalue weighted by molar-refractivity contribution is 5.38. The van der Waals surface area contributed by atoms with Gasteiger partial charge in [0.15, 0.2) is 0 Å². The second-order valence-corrected chi connectivity index (χ2v) is 5.15. The third-order valence-corrected chi connectivity index (χ3v) is 3.54. The number of nitro groups is 2. The van der Waals surface area contributed by atoms with Crippen LogP contribution in [0.15, 0.2) is 73.8 Å². The van der Waals surface area contributed by atoms with Crippen LogP contribution in [0.3, 0.4) is 0 Å². The van der Waals surface area contributed by atoms with Gasteiger partial charge in [-0.2, -0.15) is 0 Å². The molecule has 2 aromatic rings. The number of nitrogens with zero attached hydrogens (tertiary/aromatic N) is 2. The lowest BCUT2D eigenvalue weighted by Gasteiger charge is -2.21. The van der Waals surface area contributed by atoms with Crippen LogP contribution in [0, 0.1) is 20.2 Å². The van der Waals surface area contributed by atoms with Crippen LogP contribution >= 0.6 is 0 Å². The Morgan fingerprint density at radius 2 is 1.24 bits per heavy atom. The van der Waals surface area contributed by atoms with Gasteiger partial charge in [0.25, 0.3) is 11.4 Å². The molecule has 7 nitrogen and oxygen atoms in total. The second-order valence-electron chi connectivity index (χ2n) is 5.15. The van der Waals surface area contributed by atoms with Crippen molar-refractivity contribution in [3.05, 3.63) is 105 Å². The van der Waals surface area contributed by atoms with Crippen LogP contribution in [-0.2, 0) is 4.74 Å². The van der Waals surface area contributed by atoms with E-state index in [9.17, 15) is 20.2 Å². The van der Waals surface area contributed by atoms with Crippen molar-refractivity contribution in [2.24, 2.45) is 0 Å². The van der Waals surface area contributed by atoms with Gasteiger partial charge in [0.2, 0.25) is 0 Å². The summed E-state index contributed by atoms with van der Waals surface area (Å²) in [4.78, 5) is 20.9. The average molecular weight is 340 g/mol. The predicted molar refractivity (Wildman–Crippen MR) is 93.2 cm³/mol. The summed E-state index contributed by atoms with van der Waals surface area (Å²) in [5, 5.41) is 21.8. The molecule has 0 saturated heterocycles. The number of rotatable bonds is 8. The summed E-state index contributed by atoms with van der Waals surface area (Å²) in [7, 11) is 0. The molecule has 0 radical (unpaired) electrons. The van der Waals surface area contributed by atoms with Crippen LogP contribution in [0.1, 0.15) is 23.3 Å². The molecule has 128 valence electrons. The van der Waals surface area contributed by atoms with Gasteiger partial charge in [0.1, 0.15) is 12.2 Å². The van der Waals surface area contributed by atoms with Crippen molar-refractivity contribution >= 4 is 11.4 Å². The Kier molecular flexibility index (Phi) is 5.75. The van der Waals surface area contributed by atoms with Gasteiger partial charge in [-0.25, -0.2) is 0 Å². The number of hydrogen-bond donors (Lipinski definition) is 0. The maximum absolute atomic E-state index is 10.9. The van der Waals surface area contributed by atoms with Gasteiger partial charge in [-0.05, 0) is 11.1 Å². The van der Waals surface area contributed by atoms with E-state index >= 15 is 0 Å². The van der Waals surface area contributed by atoms with Crippen LogP contribution in [0.5, 0.6) is 0 Å². The fraction of sp³-hybridized carbons (Fsp3) is 0.111. The number of non-ortho nitro benzene ring substituents is 2. The molecule has 2 aromatic carbocycles. The third kappa shape index (κ3) is 4.36. The highest BCUT2D eigenvalue weighted by Crippen LogP contribution is 2.31. The quantitative estimate of drug-likeness (QED) is 0.395. The normalized spacial score (nSPS) is 12.8. The first-order chi connectivity index (χ1) is 12.0. The minimum atomic E-state index is -0.637. The molecular formula is C18H16N2O5. The van der Waals surface area contributed by atoms with Crippen molar-refractivity contribution in [2.45, 2.75) is 12.2 Å². The number of hydrogen-bond acceptors (Lipinski definition) is 5. The lowest BCUT2D eigenvalue weighted by molar-refractivity contribution is -0.385. The fourth-order valence-corrected chi connectivity index (χ4v) is 2.33. The molecule has 0 aromatic heterocycles. The third-order valence-electron chi connectivity index (χ3n) is 3.54. The summed E-state index contributed by atoms with van der Waals surface area (Å²) in [6, 6.07) is 12.1. The molecule has 0 saturated carbocycles. The maximum Gasteiger partial charge on any atom is 0.269 e. The largest absolute Gasteiger partial charge is 0.357 e. The monoisotopic (exact) mass is 340 g/mol. The van der Waals surface area contributed by atoms with E-state index in [0.717, 1.165) is 0 Å². The fourth-order valence-electron chi connectivity index (χ4n) is 2.33. The van der Waals surface area contributed by atoms with Gasteiger partial charge < -0.3 is 4.74 Å². The summed E-state index contributed by atoms with van der Waals surface area (Å²) < 4.78 is 5.91. The zero-order valence-electron chi connectivity index (χ0n) is 13.3. The summed E-state index contributed by atoms with van der Waals surface area (Å²) in [6.07, 6.45) is 1.74. The molecule has 2 atom stereocenters. The number of nitro benzene ring substituents is 2. The van der Waals surface area contributed by atoms with Gasteiger partial charge in [-0.1, -0.05) is 36.4 Å². The van der Waals surface area contributed by atoms with Gasteiger partial charge >= 0.3 is 0 Å². The molecule has 0 heterocycles. The Morgan fingerprint density at radius 3 is 1.56 bits per heavy atom. The van der Waals surface area contributed by atoms with Crippen LogP contribution < -0.4 is 0 Å². The van der Waals surface area contributed by atoms with Gasteiger partial charge in [0.05, 0.1) is 9.85 Å². The topological polar surface area (TPSA) is 95.5 Å². The molecule has 0 aliphatic carbocycles. The highest BCUT2D eigenvalue weighted by atomic mass is 16.6. The van der Waals surface area contributed by atoms with E-state index in [0.29, 0.717) is 11.1 Å². The number of benzene rings is 2. The maximum atomic E-state index is 10.9. The van der Waals surface area contributed by atoms with Gasteiger partial charge in [-0.3, -0.25) is 20.2 Å². The lowest BCUT2D eigenvalue weighted by atomic mass is 10.1. The molecule has 0 amide bonds. The van der Waals surface area contributed by atoms with Crippen LogP contribution in [0.4, 0.5) is 11.4 Å². The Bertz CT molecular complexity index is 751. The SMILES string of the molecule is C=CC(OC(C=C)c1cccc([N+](=O)[O-])c1)c1cccc([N+](=O)[O-])c1.